The number of aromatic nitrogens is 1. The first-order valence-corrected chi connectivity index (χ1v) is 7.10. The van der Waals surface area contributed by atoms with Gasteiger partial charge in [0.05, 0.1) is 17.1 Å². The Hall–Kier alpha value is -2.54. The predicted molar refractivity (Wildman–Crippen MR) is 82.9 cm³/mol. The molecule has 2 aromatic rings. The lowest BCUT2D eigenvalue weighted by Crippen LogP contribution is -2.15. The van der Waals surface area contributed by atoms with Crippen molar-refractivity contribution in [2.45, 2.75) is 20.3 Å². The van der Waals surface area contributed by atoms with Crippen LogP contribution in [0.2, 0.25) is 5.02 Å². The van der Waals surface area contributed by atoms with Crippen LogP contribution in [0.3, 0.4) is 0 Å². The second-order valence-corrected chi connectivity index (χ2v) is 5.26. The Kier molecular flexibility index (Phi) is 5.23. The molecule has 0 atom stereocenters. The van der Waals surface area contributed by atoms with Crippen LogP contribution in [0.1, 0.15) is 17.0 Å². The molecule has 0 saturated carbocycles. The molecule has 0 aliphatic heterocycles. The van der Waals surface area contributed by atoms with Gasteiger partial charge in [0.2, 0.25) is 5.91 Å². The Morgan fingerprint density at radius 1 is 1.39 bits per heavy atom. The van der Waals surface area contributed by atoms with E-state index in [1.165, 1.54) is 12.1 Å². The lowest BCUT2D eigenvalue weighted by molar-refractivity contribution is -0.139. The van der Waals surface area contributed by atoms with Gasteiger partial charge in [0, 0.05) is 11.3 Å². The maximum Gasteiger partial charge on any atom is 0.341 e. The molecule has 0 fully saturated rings. The van der Waals surface area contributed by atoms with Crippen LogP contribution in [-0.4, -0.2) is 28.7 Å². The minimum absolute atomic E-state index is 0.135. The van der Waals surface area contributed by atoms with Gasteiger partial charge < -0.3 is 19.7 Å². The van der Waals surface area contributed by atoms with Gasteiger partial charge in [-0.3, -0.25) is 4.79 Å². The van der Waals surface area contributed by atoms with Crippen molar-refractivity contribution < 1.29 is 24.0 Å². The number of ether oxygens (including phenoxy) is 1. The van der Waals surface area contributed by atoms with Crippen LogP contribution in [-0.2, 0) is 16.0 Å². The number of aryl methyl sites for hydroxylation is 2. The number of nitrogens with zero attached hydrogens (tertiary/aromatic N) is 1. The first-order valence-electron chi connectivity index (χ1n) is 6.72. The summed E-state index contributed by atoms with van der Waals surface area (Å²) < 4.78 is 10.0. The molecule has 1 heterocycles. The number of halogens is 1. The van der Waals surface area contributed by atoms with Crippen molar-refractivity contribution in [3.8, 4) is 5.75 Å². The number of carboxylic acid groups (broad SMARTS) is 1. The van der Waals surface area contributed by atoms with Crippen LogP contribution in [0, 0.1) is 13.8 Å². The standard InChI is InChI=1S/C15H15ClN2O5/c1-8-11(9(2)23-18-8)6-14(19)17-10-3-4-13(12(16)5-10)22-7-15(20)21/h3-5H,6-7H2,1-2H3,(H,17,19)(H,20,21). The average molecular weight is 339 g/mol. The van der Waals surface area contributed by atoms with Crippen LogP contribution in [0.4, 0.5) is 5.69 Å². The second-order valence-electron chi connectivity index (χ2n) is 4.86. The van der Waals surface area contributed by atoms with E-state index in [9.17, 15) is 9.59 Å². The molecule has 1 amide bonds. The van der Waals surface area contributed by atoms with Crippen molar-refractivity contribution in [1.82, 2.24) is 5.16 Å². The molecule has 0 bridgehead atoms. The fourth-order valence-corrected chi connectivity index (χ4v) is 2.19. The number of carboxylic acids is 1. The fraction of sp³-hybridized carbons (Fsp3) is 0.267. The summed E-state index contributed by atoms with van der Waals surface area (Å²) in [6.45, 7) is 3.02. The van der Waals surface area contributed by atoms with Gasteiger partial charge in [0.15, 0.2) is 6.61 Å². The van der Waals surface area contributed by atoms with Gasteiger partial charge >= 0.3 is 5.97 Å². The molecule has 0 aliphatic rings. The number of anilines is 1. The highest BCUT2D eigenvalue weighted by Gasteiger charge is 2.14. The lowest BCUT2D eigenvalue weighted by atomic mass is 10.1. The normalized spacial score (nSPS) is 10.4. The number of carbonyl (C=O) groups is 2. The van der Waals surface area contributed by atoms with E-state index in [1.807, 2.05) is 0 Å². The summed E-state index contributed by atoms with van der Waals surface area (Å²) in [6.07, 6.45) is 0.135. The molecular formula is C15H15ClN2O5. The molecule has 1 aromatic carbocycles. The van der Waals surface area contributed by atoms with Gasteiger partial charge in [-0.15, -0.1) is 0 Å². The quantitative estimate of drug-likeness (QED) is 0.839. The van der Waals surface area contributed by atoms with E-state index < -0.39 is 12.6 Å². The third kappa shape index (κ3) is 4.46. The highest BCUT2D eigenvalue weighted by atomic mass is 35.5. The van der Waals surface area contributed by atoms with Gasteiger partial charge in [-0.25, -0.2) is 4.79 Å². The molecule has 2 N–H and O–H groups in total. The number of aliphatic carboxylic acids is 1. The van der Waals surface area contributed by atoms with Crippen LogP contribution in [0.25, 0.3) is 0 Å². The number of hydrogen-bond donors (Lipinski definition) is 2. The molecule has 23 heavy (non-hydrogen) atoms. The molecule has 2 rings (SSSR count). The summed E-state index contributed by atoms with van der Waals surface area (Å²) >= 11 is 6.00. The minimum Gasteiger partial charge on any atom is -0.480 e. The summed E-state index contributed by atoms with van der Waals surface area (Å²) in [5, 5.41) is 15.3. The van der Waals surface area contributed by atoms with E-state index in [2.05, 4.69) is 10.5 Å². The molecule has 1 aromatic heterocycles. The molecule has 0 aliphatic carbocycles. The van der Waals surface area contributed by atoms with E-state index in [4.69, 9.17) is 26.0 Å². The van der Waals surface area contributed by atoms with E-state index >= 15 is 0 Å². The van der Waals surface area contributed by atoms with E-state index in [0.29, 0.717) is 17.1 Å². The highest BCUT2D eigenvalue weighted by Crippen LogP contribution is 2.27. The van der Waals surface area contributed by atoms with Gasteiger partial charge in [-0.2, -0.15) is 0 Å². The Balaban J connectivity index is 2.01. The van der Waals surface area contributed by atoms with E-state index in [-0.39, 0.29) is 23.1 Å². The molecule has 0 saturated heterocycles. The van der Waals surface area contributed by atoms with Gasteiger partial charge in [0.1, 0.15) is 11.5 Å². The largest absolute Gasteiger partial charge is 0.480 e. The fourth-order valence-electron chi connectivity index (χ4n) is 1.96. The maximum absolute atomic E-state index is 12.1. The van der Waals surface area contributed by atoms with Crippen molar-refractivity contribution in [2.24, 2.45) is 0 Å². The van der Waals surface area contributed by atoms with E-state index in [1.54, 1.807) is 19.9 Å². The van der Waals surface area contributed by atoms with E-state index in [0.717, 1.165) is 5.56 Å². The van der Waals surface area contributed by atoms with Crippen molar-refractivity contribution >= 4 is 29.2 Å². The third-order valence-electron chi connectivity index (χ3n) is 3.09. The summed E-state index contributed by atoms with van der Waals surface area (Å²) in [4.78, 5) is 22.5. The van der Waals surface area contributed by atoms with Gasteiger partial charge in [-0.1, -0.05) is 16.8 Å². The van der Waals surface area contributed by atoms with Gasteiger partial charge in [-0.05, 0) is 32.0 Å². The Bertz CT molecular complexity index is 722. The highest BCUT2D eigenvalue weighted by molar-refractivity contribution is 6.32. The maximum atomic E-state index is 12.1. The zero-order chi connectivity index (χ0) is 17.0. The number of amides is 1. The first kappa shape index (κ1) is 16.8. The van der Waals surface area contributed by atoms with Crippen LogP contribution in [0.5, 0.6) is 5.75 Å². The van der Waals surface area contributed by atoms with Crippen molar-refractivity contribution in [2.75, 3.05) is 11.9 Å². The topological polar surface area (TPSA) is 102 Å². The number of carbonyl (C=O) groups excluding carboxylic acids is 1. The van der Waals surface area contributed by atoms with Crippen molar-refractivity contribution in [3.63, 3.8) is 0 Å². The number of benzene rings is 1. The molecule has 0 spiro atoms. The zero-order valence-electron chi connectivity index (χ0n) is 12.6. The first-order chi connectivity index (χ1) is 10.9. The van der Waals surface area contributed by atoms with Crippen LogP contribution >= 0.6 is 11.6 Å². The molecular weight excluding hydrogens is 324 g/mol. The van der Waals surface area contributed by atoms with Crippen LogP contribution in [0.15, 0.2) is 22.7 Å². The van der Waals surface area contributed by atoms with Crippen molar-refractivity contribution in [3.05, 3.63) is 40.2 Å². The zero-order valence-corrected chi connectivity index (χ0v) is 13.3. The van der Waals surface area contributed by atoms with Gasteiger partial charge in [0.25, 0.3) is 0 Å². The number of nitrogens with one attached hydrogen (secondary N) is 1. The summed E-state index contributed by atoms with van der Waals surface area (Å²) in [6, 6.07) is 4.56. The smallest absolute Gasteiger partial charge is 0.341 e. The van der Waals surface area contributed by atoms with Crippen LogP contribution < -0.4 is 10.1 Å². The Morgan fingerprint density at radius 3 is 2.70 bits per heavy atom. The minimum atomic E-state index is -1.10. The molecule has 8 heteroatoms. The molecule has 0 unspecified atom stereocenters. The summed E-state index contributed by atoms with van der Waals surface area (Å²) in [5.41, 5.74) is 1.90. The predicted octanol–water partition coefficient (Wildman–Crippen LogP) is 2.59. The molecule has 122 valence electrons. The lowest BCUT2D eigenvalue weighted by Gasteiger charge is -2.09. The van der Waals surface area contributed by atoms with Crippen molar-refractivity contribution in [1.29, 1.82) is 0 Å². The monoisotopic (exact) mass is 338 g/mol. The molecule has 0 radical (unpaired) electrons. The Morgan fingerprint density at radius 2 is 2.13 bits per heavy atom. The Labute approximate surface area is 137 Å². The number of rotatable bonds is 6. The molecule has 7 nitrogen and oxygen atoms in total. The summed E-state index contributed by atoms with van der Waals surface area (Å²) in [7, 11) is 0. The average Bonchev–Trinajstić information content (AvgIpc) is 2.78. The second kappa shape index (κ2) is 7.15. The SMILES string of the molecule is Cc1noc(C)c1CC(=O)Nc1ccc(OCC(=O)O)c(Cl)c1. The summed E-state index contributed by atoms with van der Waals surface area (Å²) in [5.74, 6) is -0.501. The third-order valence-corrected chi connectivity index (χ3v) is 3.38. The number of hydrogen-bond acceptors (Lipinski definition) is 5.